The number of carbonyl (C=O) groups excluding carboxylic acids is 1. The fourth-order valence-corrected chi connectivity index (χ4v) is 2.13. The third kappa shape index (κ3) is 3.68. The van der Waals surface area contributed by atoms with Gasteiger partial charge in [-0.25, -0.2) is 4.79 Å². The van der Waals surface area contributed by atoms with Gasteiger partial charge in [-0.1, -0.05) is 11.6 Å². The van der Waals surface area contributed by atoms with Gasteiger partial charge in [-0.2, -0.15) is 0 Å². The van der Waals surface area contributed by atoms with Crippen LogP contribution in [0.1, 0.15) is 29.6 Å². The fraction of sp³-hybridized carbons (Fsp3) is 0.385. The van der Waals surface area contributed by atoms with Crippen molar-refractivity contribution in [2.75, 3.05) is 11.9 Å². The van der Waals surface area contributed by atoms with Gasteiger partial charge in [0.05, 0.1) is 28.8 Å². The Labute approximate surface area is 115 Å². The van der Waals surface area contributed by atoms with E-state index in [1.165, 1.54) is 18.2 Å². The van der Waals surface area contributed by atoms with Gasteiger partial charge >= 0.3 is 5.97 Å². The minimum Gasteiger partial charge on any atom is -0.478 e. The van der Waals surface area contributed by atoms with Crippen LogP contribution in [0, 0.1) is 0 Å². The molecule has 1 heterocycles. The molecule has 0 spiro atoms. The molecule has 1 fully saturated rings. The average molecular weight is 284 g/mol. The van der Waals surface area contributed by atoms with E-state index < -0.39 is 5.97 Å². The molecule has 5 nitrogen and oxygen atoms in total. The summed E-state index contributed by atoms with van der Waals surface area (Å²) in [4.78, 5) is 22.7. The molecular weight excluding hydrogens is 270 g/mol. The van der Waals surface area contributed by atoms with Crippen molar-refractivity contribution in [1.29, 1.82) is 0 Å². The van der Waals surface area contributed by atoms with Crippen molar-refractivity contribution in [3.8, 4) is 0 Å². The highest BCUT2D eigenvalue weighted by Gasteiger charge is 2.19. The number of anilines is 1. The summed E-state index contributed by atoms with van der Waals surface area (Å²) in [6.07, 6.45) is 2.04. The summed E-state index contributed by atoms with van der Waals surface area (Å²) in [5.41, 5.74) is 0.390. The summed E-state index contributed by atoms with van der Waals surface area (Å²) in [5, 5.41) is 11.8. The van der Waals surface area contributed by atoms with Gasteiger partial charge in [0.25, 0.3) is 0 Å². The summed E-state index contributed by atoms with van der Waals surface area (Å²) in [6, 6.07) is 4.19. The zero-order valence-corrected chi connectivity index (χ0v) is 10.9. The lowest BCUT2D eigenvalue weighted by Crippen LogP contribution is -2.19. The van der Waals surface area contributed by atoms with Crippen LogP contribution in [0.5, 0.6) is 0 Å². The standard InChI is InChI=1S/C13H14ClNO4/c14-10-4-3-8(13(17)18)6-11(10)15-12(16)7-9-2-1-5-19-9/h3-4,6,9H,1-2,5,7H2,(H,15,16)(H,17,18). The number of nitrogens with one attached hydrogen (secondary N) is 1. The van der Waals surface area contributed by atoms with E-state index in [0.717, 1.165) is 12.8 Å². The number of amides is 1. The molecule has 0 bridgehead atoms. The SMILES string of the molecule is O=C(CC1CCCO1)Nc1cc(C(=O)O)ccc1Cl. The van der Waals surface area contributed by atoms with Crippen molar-refractivity contribution in [3.05, 3.63) is 28.8 Å². The Morgan fingerprint density at radius 1 is 1.47 bits per heavy atom. The van der Waals surface area contributed by atoms with E-state index in [1.807, 2.05) is 0 Å². The number of aromatic carboxylic acids is 1. The molecule has 2 rings (SSSR count). The molecule has 0 aliphatic carbocycles. The van der Waals surface area contributed by atoms with E-state index in [-0.39, 0.29) is 24.0 Å². The topological polar surface area (TPSA) is 75.6 Å². The van der Waals surface area contributed by atoms with Crippen molar-refractivity contribution < 1.29 is 19.4 Å². The lowest BCUT2D eigenvalue weighted by Gasteiger charge is -2.11. The van der Waals surface area contributed by atoms with Crippen LogP contribution >= 0.6 is 11.6 Å². The van der Waals surface area contributed by atoms with Crippen molar-refractivity contribution in [2.45, 2.75) is 25.4 Å². The lowest BCUT2D eigenvalue weighted by atomic mass is 10.1. The molecule has 2 N–H and O–H groups in total. The molecule has 1 atom stereocenters. The summed E-state index contributed by atoms with van der Waals surface area (Å²) >= 11 is 5.92. The third-order valence-electron chi connectivity index (χ3n) is 2.92. The Morgan fingerprint density at radius 3 is 2.89 bits per heavy atom. The first kappa shape index (κ1) is 13.8. The van der Waals surface area contributed by atoms with E-state index in [1.54, 1.807) is 0 Å². The van der Waals surface area contributed by atoms with Crippen LogP contribution in [0.15, 0.2) is 18.2 Å². The Balaban J connectivity index is 2.02. The molecule has 1 aliphatic rings. The van der Waals surface area contributed by atoms with Gasteiger partial charge in [-0.15, -0.1) is 0 Å². The summed E-state index contributed by atoms with van der Waals surface area (Å²) in [7, 11) is 0. The van der Waals surface area contributed by atoms with Crippen LogP contribution < -0.4 is 5.32 Å². The molecule has 1 aromatic rings. The maximum absolute atomic E-state index is 11.8. The number of hydrogen-bond acceptors (Lipinski definition) is 3. The number of halogens is 1. The van der Waals surface area contributed by atoms with E-state index in [2.05, 4.69) is 5.32 Å². The second-order valence-corrected chi connectivity index (χ2v) is 4.79. The molecule has 1 aromatic carbocycles. The smallest absolute Gasteiger partial charge is 0.335 e. The molecule has 1 saturated heterocycles. The second-order valence-electron chi connectivity index (χ2n) is 4.39. The Bertz CT molecular complexity index is 497. The van der Waals surface area contributed by atoms with Crippen LogP contribution in [-0.4, -0.2) is 29.7 Å². The zero-order valence-electron chi connectivity index (χ0n) is 10.2. The Morgan fingerprint density at radius 2 is 2.26 bits per heavy atom. The molecule has 6 heteroatoms. The first-order valence-electron chi connectivity index (χ1n) is 6.00. The number of carbonyl (C=O) groups is 2. The quantitative estimate of drug-likeness (QED) is 0.890. The summed E-state index contributed by atoms with van der Waals surface area (Å²) in [5.74, 6) is -1.29. The number of hydrogen-bond donors (Lipinski definition) is 2. The van der Waals surface area contributed by atoms with E-state index in [9.17, 15) is 9.59 Å². The van der Waals surface area contributed by atoms with Gasteiger partial charge in [0.15, 0.2) is 0 Å². The van der Waals surface area contributed by atoms with Crippen LogP contribution in [0.4, 0.5) is 5.69 Å². The van der Waals surface area contributed by atoms with Crippen LogP contribution in [0.3, 0.4) is 0 Å². The van der Waals surface area contributed by atoms with Crippen LogP contribution in [0.2, 0.25) is 5.02 Å². The minimum absolute atomic E-state index is 0.0542. The van der Waals surface area contributed by atoms with Crippen molar-refractivity contribution in [2.24, 2.45) is 0 Å². The number of ether oxygens (including phenoxy) is 1. The van der Waals surface area contributed by atoms with Gasteiger partial charge in [0.2, 0.25) is 5.91 Å². The number of rotatable bonds is 4. The molecule has 102 valence electrons. The molecule has 19 heavy (non-hydrogen) atoms. The van der Waals surface area contributed by atoms with Crippen molar-refractivity contribution in [1.82, 2.24) is 0 Å². The van der Waals surface area contributed by atoms with Gasteiger partial charge < -0.3 is 15.2 Å². The van der Waals surface area contributed by atoms with E-state index >= 15 is 0 Å². The maximum Gasteiger partial charge on any atom is 0.335 e. The fourth-order valence-electron chi connectivity index (χ4n) is 1.97. The molecule has 1 amide bonds. The monoisotopic (exact) mass is 283 g/mol. The highest BCUT2D eigenvalue weighted by Crippen LogP contribution is 2.24. The molecule has 0 aromatic heterocycles. The molecule has 1 unspecified atom stereocenters. The Hall–Kier alpha value is -1.59. The first-order chi connectivity index (χ1) is 9.06. The zero-order chi connectivity index (χ0) is 13.8. The van der Waals surface area contributed by atoms with Crippen LogP contribution in [0.25, 0.3) is 0 Å². The molecule has 0 saturated carbocycles. The highest BCUT2D eigenvalue weighted by molar-refractivity contribution is 6.33. The van der Waals surface area contributed by atoms with Gasteiger partial charge in [0, 0.05) is 6.61 Å². The van der Waals surface area contributed by atoms with E-state index in [4.69, 9.17) is 21.4 Å². The van der Waals surface area contributed by atoms with Crippen molar-refractivity contribution >= 4 is 29.2 Å². The highest BCUT2D eigenvalue weighted by atomic mass is 35.5. The molecular formula is C13H14ClNO4. The Kier molecular flexibility index (Phi) is 4.39. The predicted molar refractivity (Wildman–Crippen MR) is 70.6 cm³/mol. The second kappa shape index (κ2) is 6.04. The maximum atomic E-state index is 11.8. The van der Waals surface area contributed by atoms with Gasteiger partial charge in [-0.05, 0) is 31.0 Å². The summed E-state index contributed by atoms with van der Waals surface area (Å²) in [6.45, 7) is 0.688. The number of carboxylic acid groups (broad SMARTS) is 1. The van der Waals surface area contributed by atoms with Gasteiger partial charge in [0.1, 0.15) is 0 Å². The normalized spacial score (nSPS) is 18.3. The van der Waals surface area contributed by atoms with Crippen molar-refractivity contribution in [3.63, 3.8) is 0 Å². The lowest BCUT2D eigenvalue weighted by molar-refractivity contribution is -0.118. The third-order valence-corrected chi connectivity index (χ3v) is 3.25. The summed E-state index contributed by atoms with van der Waals surface area (Å²) < 4.78 is 5.37. The number of benzene rings is 1. The first-order valence-corrected chi connectivity index (χ1v) is 6.38. The van der Waals surface area contributed by atoms with Gasteiger partial charge in [-0.3, -0.25) is 4.79 Å². The van der Waals surface area contributed by atoms with E-state index in [0.29, 0.717) is 17.3 Å². The predicted octanol–water partition coefficient (Wildman–Crippen LogP) is 2.55. The molecule has 1 aliphatic heterocycles. The average Bonchev–Trinajstić information content (AvgIpc) is 2.84. The molecule has 0 radical (unpaired) electrons. The number of carboxylic acids is 1. The van der Waals surface area contributed by atoms with Crippen LogP contribution in [-0.2, 0) is 9.53 Å². The largest absolute Gasteiger partial charge is 0.478 e. The minimum atomic E-state index is -1.06.